The van der Waals surface area contributed by atoms with Gasteiger partial charge in [0.15, 0.2) is 0 Å². The molecular formula is C19H24N2O2S. The van der Waals surface area contributed by atoms with Crippen molar-refractivity contribution in [2.24, 2.45) is 0 Å². The predicted molar refractivity (Wildman–Crippen MR) is 96.1 cm³/mol. The molecule has 2 saturated heterocycles. The summed E-state index contributed by atoms with van der Waals surface area (Å²) in [7, 11) is 0. The standard InChI is InChI=1S/C19H24N2O2S/c1-2-4-15(5-3-1)18-17(24-14-21-18)13-20-16-6-9-23-19(12-16)7-10-22-11-8-19/h1-5,14,16,20H,6-13H2/t16-/m1/s1. The summed E-state index contributed by atoms with van der Waals surface area (Å²) >= 11 is 1.74. The van der Waals surface area contributed by atoms with Gasteiger partial charge in [-0.15, -0.1) is 11.3 Å². The molecule has 2 fully saturated rings. The molecular weight excluding hydrogens is 320 g/mol. The number of nitrogens with one attached hydrogen (secondary N) is 1. The first-order valence-corrected chi connectivity index (χ1v) is 9.66. The maximum Gasteiger partial charge on any atom is 0.0856 e. The van der Waals surface area contributed by atoms with E-state index in [-0.39, 0.29) is 5.60 Å². The Bertz CT molecular complexity index is 647. The minimum absolute atomic E-state index is 0.0458. The number of ether oxygens (including phenoxy) is 2. The van der Waals surface area contributed by atoms with Gasteiger partial charge in [0.2, 0.25) is 0 Å². The highest BCUT2D eigenvalue weighted by atomic mass is 32.1. The van der Waals surface area contributed by atoms with Crippen molar-refractivity contribution in [2.75, 3.05) is 19.8 Å². The van der Waals surface area contributed by atoms with E-state index in [1.165, 1.54) is 10.4 Å². The van der Waals surface area contributed by atoms with Gasteiger partial charge >= 0.3 is 0 Å². The first kappa shape index (κ1) is 16.2. The maximum atomic E-state index is 6.14. The van der Waals surface area contributed by atoms with E-state index in [1.807, 2.05) is 11.6 Å². The molecule has 0 unspecified atom stereocenters. The van der Waals surface area contributed by atoms with Gasteiger partial charge in [0.1, 0.15) is 0 Å². The highest BCUT2D eigenvalue weighted by Gasteiger charge is 2.38. The largest absolute Gasteiger partial charge is 0.381 e. The molecule has 128 valence electrons. The minimum atomic E-state index is 0.0458. The third-order valence-electron chi connectivity index (χ3n) is 5.14. The van der Waals surface area contributed by atoms with E-state index in [0.717, 1.165) is 57.7 Å². The Labute approximate surface area is 147 Å². The van der Waals surface area contributed by atoms with Crippen molar-refractivity contribution in [1.82, 2.24) is 10.3 Å². The van der Waals surface area contributed by atoms with Gasteiger partial charge in [0, 0.05) is 42.8 Å². The number of nitrogens with zero attached hydrogens (tertiary/aromatic N) is 1. The Morgan fingerprint density at radius 2 is 2.00 bits per heavy atom. The lowest BCUT2D eigenvalue weighted by Crippen LogP contribution is -2.49. The Kier molecular flexibility index (Phi) is 4.94. The summed E-state index contributed by atoms with van der Waals surface area (Å²) in [5.41, 5.74) is 4.30. The average molecular weight is 344 g/mol. The van der Waals surface area contributed by atoms with Crippen LogP contribution in [0.3, 0.4) is 0 Å². The predicted octanol–water partition coefficient (Wildman–Crippen LogP) is 3.63. The lowest BCUT2D eigenvalue weighted by Gasteiger charge is -2.43. The number of rotatable bonds is 4. The zero-order valence-corrected chi connectivity index (χ0v) is 14.7. The molecule has 0 saturated carbocycles. The molecule has 2 aliphatic heterocycles. The molecule has 2 aromatic rings. The molecule has 0 bridgehead atoms. The zero-order chi connectivity index (χ0) is 16.2. The van der Waals surface area contributed by atoms with Crippen molar-refractivity contribution in [2.45, 2.75) is 43.9 Å². The van der Waals surface area contributed by atoms with Crippen molar-refractivity contribution in [3.8, 4) is 11.3 Å². The van der Waals surface area contributed by atoms with Gasteiger partial charge in [0.25, 0.3) is 0 Å². The molecule has 5 heteroatoms. The van der Waals surface area contributed by atoms with Crippen LogP contribution < -0.4 is 5.32 Å². The van der Waals surface area contributed by atoms with Gasteiger partial charge in [-0.2, -0.15) is 0 Å². The zero-order valence-electron chi connectivity index (χ0n) is 13.9. The van der Waals surface area contributed by atoms with Gasteiger partial charge < -0.3 is 14.8 Å². The second kappa shape index (κ2) is 7.31. The monoisotopic (exact) mass is 344 g/mol. The van der Waals surface area contributed by atoms with E-state index in [0.29, 0.717) is 6.04 Å². The molecule has 0 aliphatic carbocycles. The third-order valence-corrected chi connectivity index (χ3v) is 5.97. The molecule has 1 aromatic carbocycles. The molecule has 2 aliphatic rings. The van der Waals surface area contributed by atoms with Gasteiger partial charge in [-0.05, 0) is 25.7 Å². The van der Waals surface area contributed by atoms with Gasteiger partial charge in [-0.25, -0.2) is 4.98 Å². The lowest BCUT2D eigenvalue weighted by atomic mass is 9.84. The van der Waals surface area contributed by atoms with E-state index in [9.17, 15) is 0 Å². The number of aromatic nitrogens is 1. The highest BCUT2D eigenvalue weighted by molar-refractivity contribution is 7.10. The molecule has 1 N–H and O–H groups in total. The number of benzene rings is 1. The van der Waals surface area contributed by atoms with Crippen LogP contribution in [-0.4, -0.2) is 36.4 Å². The van der Waals surface area contributed by atoms with Crippen molar-refractivity contribution < 1.29 is 9.47 Å². The summed E-state index contributed by atoms with van der Waals surface area (Å²) in [5.74, 6) is 0. The quantitative estimate of drug-likeness (QED) is 0.920. The van der Waals surface area contributed by atoms with Crippen LogP contribution in [-0.2, 0) is 16.0 Å². The van der Waals surface area contributed by atoms with Crippen LogP contribution in [0.5, 0.6) is 0 Å². The molecule has 1 atom stereocenters. The van der Waals surface area contributed by atoms with Crippen LogP contribution in [0, 0.1) is 0 Å². The molecule has 1 spiro atoms. The second-order valence-corrected chi connectivity index (χ2v) is 7.64. The molecule has 0 radical (unpaired) electrons. The van der Waals surface area contributed by atoms with E-state index in [4.69, 9.17) is 9.47 Å². The first-order valence-electron chi connectivity index (χ1n) is 8.78. The SMILES string of the molecule is c1ccc(-c2ncsc2CN[C@@H]2CCOC3(CCOCC3)C2)cc1. The topological polar surface area (TPSA) is 43.4 Å². The maximum absolute atomic E-state index is 6.14. The molecule has 24 heavy (non-hydrogen) atoms. The van der Waals surface area contributed by atoms with Gasteiger partial charge in [-0.1, -0.05) is 30.3 Å². The Morgan fingerprint density at radius 1 is 1.17 bits per heavy atom. The number of hydrogen-bond donors (Lipinski definition) is 1. The van der Waals surface area contributed by atoms with Crippen LogP contribution in [0.15, 0.2) is 35.8 Å². The van der Waals surface area contributed by atoms with Gasteiger partial charge in [0.05, 0.1) is 16.8 Å². The summed E-state index contributed by atoms with van der Waals surface area (Å²) in [6.07, 6.45) is 4.24. The minimum Gasteiger partial charge on any atom is -0.381 e. The van der Waals surface area contributed by atoms with Crippen molar-refractivity contribution in [3.05, 3.63) is 40.7 Å². The second-order valence-electron chi connectivity index (χ2n) is 6.70. The van der Waals surface area contributed by atoms with Crippen LogP contribution in [0.2, 0.25) is 0 Å². The highest BCUT2D eigenvalue weighted by Crippen LogP contribution is 2.34. The summed E-state index contributed by atoms with van der Waals surface area (Å²) < 4.78 is 11.6. The van der Waals surface area contributed by atoms with E-state index < -0.39 is 0 Å². The van der Waals surface area contributed by atoms with E-state index in [1.54, 1.807) is 11.3 Å². The van der Waals surface area contributed by atoms with E-state index in [2.05, 4.69) is 34.6 Å². The van der Waals surface area contributed by atoms with Crippen LogP contribution >= 0.6 is 11.3 Å². The normalized spacial score (nSPS) is 23.4. The fourth-order valence-corrected chi connectivity index (χ4v) is 4.49. The molecule has 3 heterocycles. The number of hydrogen-bond acceptors (Lipinski definition) is 5. The van der Waals surface area contributed by atoms with Crippen molar-refractivity contribution in [3.63, 3.8) is 0 Å². The number of thiazole rings is 1. The summed E-state index contributed by atoms with van der Waals surface area (Å²) in [5, 5.41) is 3.76. The summed E-state index contributed by atoms with van der Waals surface area (Å²) in [6.45, 7) is 3.40. The van der Waals surface area contributed by atoms with Gasteiger partial charge in [-0.3, -0.25) is 0 Å². The fraction of sp³-hybridized carbons (Fsp3) is 0.526. The van der Waals surface area contributed by atoms with Crippen LogP contribution in [0.25, 0.3) is 11.3 Å². The van der Waals surface area contributed by atoms with Crippen molar-refractivity contribution in [1.29, 1.82) is 0 Å². The Hall–Kier alpha value is -1.27. The van der Waals surface area contributed by atoms with E-state index >= 15 is 0 Å². The molecule has 4 nitrogen and oxygen atoms in total. The smallest absolute Gasteiger partial charge is 0.0856 e. The molecule has 4 rings (SSSR count). The van der Waals surface area contributed by atoms with Crippen molar-refractivity contribution >= 4 is 11.3 Å². The molecule has 0 amide bonds. The lowest BCUT2D eigenvalue weighted by molar-refractivity contribution is -0.140. The Balaban J connectivity index is 1.40. The first-order chi connectivity index (χ1) is 11.8. The third kappa shape index (κ3) is 3.54. The van der Waals surface area contributed by atoms with Crippen LogP contribution in [0.1, 0.15) is 30.6 Å². The van der Waals surface area contributed by atoms with Crippen LogP contribution in [0.4, 0.5) is 0 Å². The Morgan fingerprint density at radius 3 is 2.83 bits per heavy atom. The fourth-order valence-electron chi connectivity index (χ4n) is 3.76. The summed E-state index contributed by atoms with van der Waals surface area (Å²) in [6, 6.07) is 11.0. The average Bonchev–Trinajstić information content (AvgIpc) is 3.10. The summed E-state index contributed by atoms with van der Waals surface area (Å²) in [4.78, 5) is 5.88. The molecule has 1 aromatic heterocycles.